The van der Waals surface area contributed by atoms with Crippen LogP contribution in [0.1, 0.15) is 50.2 Å². The number of nitrogens with zero attached hydrogens (tertiary/aromatic N) is 6. The monoisotopic (exact) mass is 396 g/mol. The minimum absolute atomic E-state index is 0.270. The lowest BCUT2D eigenvalue weighted by atomic mass is 9.96. The lowest BCUT2D eigenvalue weighted by Crippen LogP contribution is -2.05. The van der Waals surface area contributed by atoms with Gasteiger partial charge in [-0.25, -0.2) is 19.9 Å². The lowest BCUT2D eigenvalue weighted by Gasteiger charge is -2.14. The molecule has 0 spiro atoms. The minimum atomic E-state index is 0.270. The van der Waals surface area contributed by atoms with Crippen LogP contribution < -0.4 is 0 Å². The molecule has 0 fully saturated rings. The maximum Gasteiger partial charge on any atom is 0.131 e. The van der Waals surface area contributed by atoms with E-state index in [9.17, 15) is 0 Å². The zero-order valence-electron chi connectivity index (χ0n) is 17.2. The van der Waals surface area contributed by atoms with Crippen LogP contribution in [0.2, 0.25) is 0 Å². The summed E-state index contributed by atoms with van der Waals surface area (Å²) in [6, 6.07) is 7.85. The van der Waals surface area contributed by atoms with E-state index < -0.39 is 0 Å². The molecular formula is C24H24N6. The van der Waals surface area contributed by atoms with Crippen molar-refractivity contribution in [3.8, 4) is 22.3 Å². The zero-order valence-corrected chi connectivity index (χ0v) is 17.2. The van der Waals surface area contributed by atoms with Crippen molar-refractivity contribution in [1.82, 2.24) is 29.9 Å². The Morgan fingerprint density at radius 3 is 1.60 bits per heavy atom. The molecule has 0 aliphatic heterocycles. The van der Waals surface area contributed by atoms with Crippen molar-refractivity contribution >= 4 is 0 Å². The summed E-state index contributed by atoms with van der Waals surface area (Å²) in [4.78, 5) is 26.5. The maximum atomic E-state index is 4.58. The molecule has 0 bridgehead atoms. The summed E-state index contributed by atoms with van der Waals surface area (Å²) in [5, 5.41) is 0. The number of hydrogen-bond acceptors (Lipinski definition) is 6. The lowest BCUT2D eigenvalue weighted by molar-refractivity contribution is 0.539. The van der Waals surface area contributed by atoms with Crippen molar-refractivity contribution in [2.75, 3.05) is 0 Å². The van der Waals surface area contributed by atoms with Crippen LogP contribution in [0.4, 0.5) is 0 Å². The van der Waals surface area contributed by atoms with Crippen molar-refractivity contribution in [2.45, 2.75) is 38.5 Å². The molecule has 2 atom stereocenters. The van der Waals surface area contributed by atoms with Crippen LogP contribution in [0.15, 0.2) is 73.8 Å². The van der Waals surface area contributed by atoms with Gasteiger partial charge in [0.15, 0.2) is 0 Å². The molecule has 150 valence electrons. The van der Waals surface area contributed by atoms with Crippen molar-refractivity contribution in [3.05, 3.63) is 85.5 Å². The van der Waals surface area contributed by atoms with E-state index in [4.69, 9.17) is 0 Å². The average molecular weight is 396 g/mol. The third kappa shape index (κ3) is 4.71. The molecule has 0 aliphatic carbocycles. The quantitative estimate of drug-likeness (QED) is 0.434. The molecule has 0 aliphatic rings. The molecule has 4 rings (SSSR count). The second-order valence-electron chi connectivity index (χ2n) is 7.52. The largest absolute Gasteiger partial charge is 0.265 e. The van der Waals surface area contributed by atoms with Crippen molar-refractivity contribution < 1.29 is 0 Å². The predicted molar refractivity (Wildman–Crippen MR) is 117 cm³/mol. The highest BCUT2D eigenvalue weighted by atomic mass is 14.9. The molecule has 0 saturated heterocycles. The first kappa shape index (κ1) is 19.8. The van der Waals surface area contributed by atoms with Gasteiger partial charge in [0.1, 0.15) is 11.6 Å². The van der Waals surface area contributed by atoms with Crippen molar-refractivity contribution in [3.63, 3.8) is 0 Å². The van der Waals surface area contributed by atoms with Gasteiger partial charge in [-0.2, -0.15) is 0 Å². The number of rotatable bonds is 7. The third-order valence-corrected chi connectivity index (χ3v) is 5.27. The van der Waals surface area contributed by atoms with Gasteiger partial charge in [-0.1, -0.05) is 19.9 Å². The predicted octanol–water partition coefficient (Wildman–Crippen LogP) is 5.08. The molecule has 4 heterocycles. The SMILES string of the molecule is CC(CCC(C)c1ncc(-c2cccnc2)cn1)c1ncc(-c2ccncc2)cn1. The number of aromatic nitrogens is 6. The molecule has 0 N–H and O–H groups in total. The van der Waals surface area contributed by atoms with Gasteiger partial charge in [0.2, 0.25) is 0 Å². The smallest absolute Gasteiger partial charge is 0.131 e. The summed E-state index contributed by atoms with van der Waals surface area (Å²) in [6.07, 6.45) is 16.6. The Hall–Kier alpha value is -3.54. The van der Waals surface area contributed by atoms with E-state index in [-0.39, 0.29) is 11.8 Å². The second-order valence-corrected chi connectivity index (χ2v) is 7.52. The van der Waals surface area contributed by atoms with Crippen LogP contribution in [0.25, 0.3) is 22.3 Å². The van der Waals surface area contributed by atoms with Crippen LogP contribution >= 0.6 is 0 Å². The first-order chi connectivity index (χ1) is 14.7. The summed E-state index contributed by atoms with van der Waals surface area (Å²) in [5.41, 5.74) is 4.08. The normalized spacial score (nSPS) is 13.0. The standard InChI is InChI=1S/C24H24N6/c1-17(23-27-13-21(14-28-23)19-7-10-25-11-8-19)5-6-18(2)24-29-15-22(16-30-24)20-4-3-9-26-12-20/h3-4,7-18H,5-6H2,1-2H3. The molecule has 30 heavy (non-hydrogen) atoms. The van der Waals surface area contributed by atoms with Crippen LogP contribution in [-0.4, -0.2) is 29.9 Å². The minimum Gasteiger partial charge on any atom is -0.265 e. The van der Waals surface area contributed by atoms with Crippen LogP contribution in [0.3, 0.4) is 0 Å². The van der Waals surface area contributed by atoms with Gasteiger partial charge in [-0.15, -0.1) is 0 Å². The van der Waals surface area contributed by atoms with E-state index in [0.29, 0.717) is 0 Å². The van der Waals surface area contributed by atoms with E-state index in [0.717, 1.165) is 46.7 Å². The van der Waals surface area contributed by atoms with Gasteiger partial charge in [-0.3, -0.25) is 9.97 Å². The molecule has 4 aromatic rings. The van der Waals surface area contributed by atoms with Gasteiger partial charge in [0, 0.05) is 78.1 Å². The molecule has 0 aromatic carbocycles. The van der Waals surface area contributed by atoms with E-state index >= 15 is 0 Å². The van der Waals surface area contributed by atoms with Crippen LogP contribution in [0, 0.1) is 0 Å². The first-order valence-corrected chi connectivity index (χ1v) is 10.2. The Bertz CT molecular complexity index is 961. The Morgan fingerprint density at radius 2 is 1.10 bits per heavy atom. The molecule has 2 unspecified atom stereocenters. The zero-order chi connectivity index (χ0) is 20.8. The second kappa shape index (κ2) is 9.31. The van der Waals surface area contributed by atoms with Crippen molar-refractivity contribution in [1.29, 1.82) is 0 Å². The average Bonchev–Trinajstić information content (AvgIpc) is 2.83. The summed E-state index contributed by atoms with van der Waals surface area (Å²) in [5.74, 6) is 2.27. The Labute approximate surface area is 176 Å². The van der Waals surface area contributed by atoms with E-state index in [1.807, 2.05) is 55.2 Å². The van der Waals surface area contributed by atoms with Gasteiger partial charge in [0.05, 0.1) is 0 Å². The fraction of sp³-hybridized carbons (Fsp3) is 0.250. The topological polar surface area (TPSA) is 77.3 Å². The number of hydrogen-bond donors (Lipinski definition) is 0. The van der Waals surface area contributed by atoms with Crippen LogP contribution in [-0.2, 0) is 0 Å². The summed E-state index contributed by atoms with van der Waals surface area (Å²) in [6.45, 7) is 4.33. The summed E-state index contributed by atoms with van der Waals surface area (Å²) >= 11 is 0. The highest BCUT2D eigenvalue weighted by Crippen LogP contribution is 2.26. The molecule has 4 aromatic heterocycles. The maximum absolute atomic E-state index is 4.58. The number of pyridine rings is 2. The van der Waals surface area contributed by atoms with Crippen LogP contribution in [0.5, 0.6) is 0 Å². The highest BCUT2D eigenvalue weighted by Gasteiger charge is 2.14. The highest BCUT2D eigenvalue weighted by molar-refractivity contribution is 5.60. The molecule has 0 amide bonds. The van der Waals surface area contributed by atoms with Gasteiger partial charge in [-0.05, 0) is 36.6 Å². The molecule has 6 heteroatoms. The molecule has 0 saturated carbocycles. The Balaban J connectivity index is 1.35. The fourth-order valence-electron chi connectivity index (χ4n) is 3.32. The van der Waals surface area contributed by atoms with E-state index in [2.05, 4.69) is 43.8 Å². The van der Waals surface area contributed by atoms with Gasteiger partial charge < -0.3 is 0 Å². The van der Waals surface area contributed by atoms with E-state index in [1.165, 1.54) is 0 Å². The first-order valence-electron chi connectivity index (χ1n) is 10.2. The van der Waals surface area contributed by atoms with Crippen molar-refractivity contribution in [2.24, 2.45) is 0 Å². The summed E-state index contributed by atoms with van der Waals surface area (Å²) in [7, 11) is 0. The molecule has 6 nitrogen and oxygen atoms in total. The van der Waals surface area contributed by atoms with E-state index in [1.54, 1.807) is 18.6 Å². The fourth-order valence-corrected chi connectivity index (χ4v) is 3.32. The Morgan fingerprint density at radius 1 is 0.567 bits per heavy atom. The Kier molecular flexibility index (Phi) is 6.13. The summed E-state index contributed by atoms with van der Waals surface area (Å²) < 4.78 is 0. The molecule has 0 radical (unpaired) electrons. The van der Waals surface area contributed by atoms with Gasteiger partial charge >= 0.3 is 0 Å². The van der Waals surface area contributed by atoms with Gasteiger partial charge in [0.25, 0.3) is 0 Å². The molecular weight excluding hydrogens is 372 g/mol. The third-order valence-electron chi connectivity index (χ3n) is 5.27.